The average Bonchev–Trinajstić information content (AvgIpc) is 3.27. The van der Waals surface area contributed by atoms with Crippen LogP contribution in [0.4, 0.5) is 0 Å². The zero-order valence-corrected chi connectivity index (χ0v) is 29.9. The smallest absolute Gasteiger partial charge is 0.0677 e. The molecule has 0 saturated heterocycles. The highest BCUT2D eigenvalue weighted by molar-refractivity contribution is 5.68. The minimum atomic E-state index is -0.772. The van der Waals surface area contributed by atoms with E-state index in [1.54, 1.807) is 0 Å². The van der Waals surface area contributed by atoms with Gasteiger partial charge in [0.2, 0.25) is 0 Å². The molecule has 8 aromatic rings. The Morgan fingerprint density at radius 1 is 0.204 bits per heavy atom. The summed E-state index contributed by atoms with van der Waals surface area (Å²) in [6.07, 6.45) is 0. The maximum atomic E-state index is 3.78. The van der Waals surface area contributed by atoms with E-state index in [9.17, 15) is 0 Å². The maximum Gasteiger partial charge on any atom is 0.107 e. The monoisotopic (exact) mass is 686 g/mol. The Morgan fingerprint density at radius 2 is 0.407 bits per heavy atom. The van der Waals surface area contributed by atoms with Crippen molar-refractivity contribution in [1.82, 2.24) is 0 Å². The molecule has 8 aromatic carbocycles. The molecule has 0 bridgehead atoms. The van der Waals surface area contributed by atoms with Crippen LogP contribution < -0.4 is 0 Å². The fourth-order valence-corrected chi connectivity index (χ4v) is 7.52. The maximum absolute atomic E-state index is 3.78. The SMILES string of the molecule is C(C#CC(c1ccccc1)(c1ccccc1)c1ccc(-c2ccccc2)cc1)#CC(c1ccccc1)(c1ccccc1)c1ccc(-c2ccccc2)cc1. The van der Waals surface area contributed by atoms with Gasteiger partial charge in [0.15, 0.2) is 0 Å². The van der Waals surface area contributed by atoms with Crippen molar-refractivity contribution in [3.05, 3.63) is 264 Å². The molecule has 0 fully saturated rings. The van der Waals surface area contributed by atoms with Gasteiger partial charge in [-0.1, -0.05) is 242 Å². The number of benzene rings is 8. The molecule has 0 aliphatic heterocycles. The molecule has 0 unspecified atom stereocenters. The highest BCUT2D eigenvalue weighted by Gasteiger charge is 2.36. The van der Waals surface area contributed by atoms with Crippen LogP contribution in [0.25, 0.3) is 22.3 Å². The third-order valence-electron chi connectivity index (χ3n) is 10.2. The summed E-state index contributed by atoms with van der Waals surface area (Å²) in [6.45, 7) is 0. The minimum absolute atomic E-state index is 0.772. The van der Waals surface area contributed by atoms with Crippen molar-refractivity contribution in [2.24, 2.45) is 0 Å². The van der Waals surface area contributed by atoms with Crippen molar-refractivity contribution in [1.29, 1.82) is 0 Å². The summed E-state index contributed by atoms with van der Waals surface area (Å²) >= 11 is 0. The molecule has 54 heavy (non-hydrogen) atoms. The van der Waals surface area contributed by atoms with Gasteiger partial charge in [-0.2, -0.15) is 0 Å². The molecular formula is C54H38. The van der Waals surface area contributed by atoms with Crippen molar-refractivity contribution in [2.45, 2.75) is 10.8 Å². The van der Waals surface area contributed by atoms with E-state index >= 15 is 0 Å². The summed E-state index contributed by atoms with van der Waals surface area (Å²) in [4.78, 5) is 0. The summed E-state index contributed by atoms with van der Waals surface area (Å²) < 4.78 is 0. The summed E-state index contributed by atoms with van der Waals surface area (Å²) in [5, 5.41) is 0. The van der Waals surface area contributed by atoms with Crippen LogP contribution in [0.15, 0.2) is 231 Å². The van der Waals surface area contributed by atoms with Crippen LogP contribution in [0.1, 0.15) is 33.4 Å². The molecule has 0 aliphatic carbocycles. The van der Waals surface area contributed by atoms with Gasteiger partial charge in [-0.15, -0.1) is 0 Å². The quantitative estimate of drug-likeness (QED) is 0.110. The van der Waals surface area contributed by atoms with Crippen molar-refractivity contribution in [3.63, 3.8) is 0 Å². The second kappa shape index (κ2) is 15.6. The van der Waals surface area contributed by atoms with Gasteiger partial charge >= 0.3 is 0 Å². The van der Waals surface area contributed by atoms with E-state index in [0.29, 0.717) is 0 Å². The summed E-state index contributed by atoms with van der Waals surface area (Å²) in [6, 6.07) is 81.0. The lowest BCUT2D eigenvalue weighted by Gasteiger charge is -2.31. The van der Waals surface area contributed by atoms with Crippen LogP contribution in [-0.2, 0) is 10.8 Å². The lowest BCUT2D eigenvalue weighted by Crippen LogP contribution is -2.28. The Kier molecular flexibility index (Phi) is 9.84. The molecule has 0 saturated carbocycles. The lowest BCUT2D eigenvalue weighted by atomic mass is 9.69. The molecule has 0 radical (unpaired) electrons. The largest absolute Gasteiger partial charge is 0.107 e. The number of hydrogen-bond acceptors (Lipinski definition) is 0. The number of rotatable bonds is 8. The van der Waals surface area contributed by atoms with Crippen LogP contribution in [0.3, 0.4) is 0 Å². The summed E-state index contributed by atoms with van der Waals surface area (Å²) in [7, 11) is 0. The second-order valence-corrected chi connectivity index (χ2v) is 13.4. The fourth-order valence-electron chi connectivity index (χ4n) is 7.52. The van der Waals surface area contributed by atoms with E-state index < -0.39 is 10.8 Å². The molecule has 0 heterocycles. The molecule has 0 N–H and O–H groups in total. The Balaban J connectivity index is 1.33. The molecular weight excluding hydrogens is 649 g/mol. The van der Waals surface area contributed by atoms with E-state index in [1.165, 1.54) is 11.1 Å². The predicted octanol–water partition coefficient (Wildman–Crippen LogP) is 12.4. The van der Waals surface area contributed by atoms with Gasteiger partial charge in [0, 0.05) is 0 Å². The molecule has 0 aromatic heterocycles. The topological polar surface area (TPSA) is 0 Å². The first kappa shape index (κ1) is 34.0. The highest BCUT2D eigenvalue weighted by atomic mass is 14.4. The molecule has 0 spiro atoms. The van der Waals surface area contributed by atoms with Gasteiger partial charge in [0.25, 0.3) is 0 Å². The minimum Gasteiger partial charge on any atom is -0.0677 e. The van der Waals surface area contributed by atoms with Crippen LogP contribution in [0.2, 0.25) is 0 Å². The highest BCUT2D eigenvalue weighted by Crippen LogP contribution is 2.41. The van der Waals surface area contributed by atoms with Crippen molar-refractivity contribution >= 4 is 0 Å². The van der Waals surface area contributed by atoms with Gasteiger partial charge in [-0.3, -0.25) is 0 Å². The Bertz CT molecular complexity index is 2270. The molecule has 0 heteroatoms. The standard InChI is InChI=1S/C54H38/c1-7-21-43(22-8-1)45-33-37-51(38-34-45)53(47-25-11-3-12-26-47,48-27-13-4-14-28-48)41-19-20-42-54(49-29-15-5-16-30-49,50-31-17-6-18-32-50)52-39-35-46(36-40-52)44-23-9-2-10-24-44/h1-18,21-40H. The average molecular weight is 687 g/mol. The zero-order chi connectivity index (χ0) is 36.5. The predicted molar refractivity (Wildman–Crippen MR) is 225 cm³/mol. The zero-order valence-electron chi connectivity index (χ0n) is 29.9. The normalized spacial score (nSPS) is 11.0. The molecule has 0 aliphatic rings. The van der Waals surface area contributed by atoms with Crippen LogP contribution in [-0.4, -0.2) is 0 Å². The fraction of sp³-hybridized carbons (Fsp3) is 0.0370. The Labute approximate surface area is 319 Å². The van der Waals surface area contributed by atoms with Crippen molar-refractivity contribution in [2.75, 3.05) is 0 Å². The van der Waals surface area contributed by atoms with Gasteiger partial charge in [0.1, 0.15) is 10.8 Å². The van der Waals surface area contributed by atoms with Crippen LogP contribution >= 0.6 is 0 Å². The first-order valence-corrected chi connectivity index (χ1v) is 18.4. The van der Waals surface area contributed by atoms with E-state index in [1.807, 2.05) is 12.1 Å². The number of hydrogen-bond donors (Lipinski definition) is 0. The second-order valence-electron chi connectivity index (χ2n) is 13.4. The van der Waals surface area contributed by atoms with Crippen LogP contribution in [0, 0.1) is 23.7 Å². The first-order chi connectivity index (χ1) is 26.8. The molecule has 0 nitrogen and oxygen atoms in total. The lowest BCUT2D eigenvalue weighted by molar-refractivity contribution is 0.807. The van der Waals surface area contributed by atoms with E-state index in [-0.39, 0.29) is 0 Å². The molecule has 254 valence electrons. The molecule has 0 amide bonds. The van der Waals surface area contributed by atoms with Gasteiger partial charge in [0.05, 0.1) is 0 Å². The Hall–Kier alpha value is -7.12. The van der Waals surface area contributed by atoms with Gasteiger partial charge in [-0.05, 0) is 67.5 Å². The van der Waals surface area contributed by atoms with Crippen molar-refractivity contribution < 1.29 is 0 Å². The van der Waals surface area contributed by atoms with E-state index in [0.717, 1.165) is 44.5 Å². The summed E-state index contributed by atoms with van der Waals surface area (Å²) in [5.74, 6) is 14.5. The van der Waals surface area contributed by atoms with E-state index in [2.05, 4.69) is 242 Å². The third-order valence-corrected chi connectivity index (χ3v) is 10.2. The van der Waals surface area contributed by atoms with Gasteiger partial charge in [-0.25, -0.2) is 0 Å². The van der Waals surface area contributed by atoms with E-state index in [4.69, 9.17) is 0 Å². The summed E-state index contributed by atoms with van der Waals surface area (Å²) in [5.41, 5.74) is 9.68. The Morgan fingerprint density at radius 3 is 0.667 bits per heavy atom. The first-order valence-electron chi connectivity index (χ1n) is 18.4. The third kappa shape index (κ3) is 6.66. The van der Waals surface area contributed by atoms with Crippen LogP contribution in [0.5, 0.6) is 0 Å². The van der Waals surface area contributed by atoms with Gasteiger partial charge < -0.3 is 0 Å². The van der Waals surface area contributed by atoms with Crippen molar-refractivity contribution in [3.8, 4) is 45.9 Å². The molecule has 8 rings (SSSR count). The molecule has 0 atom stereocenters.